The Morgan fingerprint density at radius 2 is 1.21 bits per heavy atom. The monoisotopic (exact) mass is 764 g/mol. The van der Waals surface area contributed by atoms with Crippen LogP contribution in [-0.4, -0.2) is 18.4 Å². The van der Waals surface area contributed by atoms with E-state index in [-0.39, 0.29) is 0 Å². The van der Waals surface area contributed by atoms with Crippen LogP contribution in [0.1, 0.15) is 16.7 Å². The van der Waals surface area contributed by atoms with Crippen LogP contribution in [0, 0.1) is 0 Å². The third kappa shape index (κ3) is 6.45. The van der Waals surface area contributed by atoms with Gasteiger partial charge in [0.2, 0.25) is 0 Å². The summed E-state index contributed by atoms with van der Waals surface area (Å²) in [4.78, 5) is 17.1. The minimum Gasteiger partial charge on any atom is -0.455 e. The van der Waals surface area contributed by atoms with E-state index >= 15 is 0 Å². The van der Waals surface area contributed by atoms with Gasteiger partial charge in [0.1, 0.15) is 11.2 Å². The largest absolute Gasteiger partial charge is 0.455 e. The van der Waals surface area contributed by atoms with Crippen LogP contribution in [0.4, 0.5) is 17.1 Å². The molecule has 0 aliphatic heterocycles. The molecule has 0 aliphatic rings. The highest BCUT2D eigenvalue weighted by atomic mass is 32.1. The second kappa shape index (κ2) is 15.3. The quantitative estimate of drug-likeness (QED) is 0.114. The normalized spacial score (nSPS) is 12.1. The molecule has 0 unspecified atom stereocenters. The Morgan fingerprint density at radius 1 is 0.552 bits per heavy atom. The Balaban J connectivity index is 1.23. The van der Waals surface area contributed by atoms with Gasteiger partial charge < -0.3 is 9.32 Å². The van der Waals surface area contributed by atoms with Crippen molar-refractivity contribution in [1.29, 1.82) is 0 Å². The van der Waals surface area contributed by atoms with E-state index < -0.39 is 0 Å². The van der Waals surface area contributed by atoms with Crippen molar-refractivity contribution >= 4 is 88.9 Å². The van der Waals surface area contributed by atoms with Crippen molar-refractivity contribution in [3.05, 3.63) is 211 Å². The molecule has 0 bridgehead atoms. The molecule has 2 heterocycles. The van der Waals surface area contributed by atoms with Crippen LogP contribution in [0.5, 0.6) is 0 Å². The molecule has 0 spiro atoms. The summed E-state index contributed by atoms with van der Waals surface area (Å²) in [6, 6.07) is 67.2. The number of anilines is 3. The SMILES string of the molecule is C=N/C(=N\C(=N/Cc1ccccc1)c1ccc(N(c2ccc(-c3ccccc3)cc2)c2cccc3c2sc2ccccc23)c2c1oc1ccccc12)c1ccccc1. The summed E-state index contributed by atoms with van der Waals surface area (Å²) in [7, 11) is 0. The molecular formula is C52H36N4OS. The molecule has 0 amide bonds. The number of hydrogen-bond acceptors (Lipinski definition) is 4. The van der Waals surface area contributed by atoms with Gasteiger partial charge in [-0.3, -0.25) is 4.99 Å². The fraction of sp³-hybridized carbons (Fsp3) is 0.0192. The summed E-state index contributed by atoms with van der Waals surface area (Å²) in [6.45, 7) is 4.33. The zero-order chi connectivity index (χ0) is 38.8. The lowest BCUT2D eigenvalue weighted by Gasteiger charge is -2.27. The summed E-state index contributed by atoms with van der Waals surface area (Å²) in [5.74, 6) is 0.994. The van der Waals surface area contributed by atoms with E-state index in [0.29, 0.717) is 23.8 Å². The van der Waals surface area contributed by atoms with Gasteiger partial charge >= 0.3 is 0 Å². The molecule has 0 saturated carbocycles. The summed E-state index contributed by atoms with van der Waals surface area (Å²) in [5, 5.41) is 4.44. The lowest BCUT2D eigenvalue weighted by atomic mass is 10.0. The van der Waals surface area contributed by atoms with Gasteiger partial charge in [-0.05, 0) is 65.9 Å². The van der Waals surface area contributed by atoms with E-state index in [4.69, 9.17) is 14.4 Å². The van der Waals surface area contributed by atoms with Gasteiger partial charge in [-0.25, -0.2) is 9.98 Å². The number of amidine groups is 2. The highest BCUT2D eigenvalue weighted by Gasteiger charge is 2.25. The number of furan rings is 1. The van der Waals surface area contributed by atoms with Gasteiger partial charge in [-0.1, -0.05) is 152 Å². The van der Waals surface area contributed by atoms with Crippen molar-refractivity contribution in [3.8, 4) is 11.1 Å². The zero-order valence-corrected chi connectivity index (χ0v) is 32.3. The van der Waals surface area contributed by atoms with Crippen LogP contribution >= 0.6 is 11.3 Å². The lowest BCUT2D eigenvalue weighted by molar-refractivity contribution is 0.668. The first-order valence-corrected chi connectivity index (χ1v) is 20.0. The van der Waals surface area contributed by atoms with Crippen molar-refractivity contribution < 1.29 is 4.42 Å². The predicted octanol–water partition coefficient (Wildman–Crippen LogP) is 14.2. The smallest absolute Gasteiger partial charge is 0.161 e. The predicted molar refractivity (Wildman–Crippen MR) is 246 cm³/mol. The molecular weight excluding hydrogens is 729 g/mol. The molecule has 0 N–H and O–H groups in total. The highest BCUT2D eigenvalue weighted by Crippen LogP contribution is 2.48. The van der Waals surface area contributed by atoms with Crippen LogP contribution in [0.25, 0.3) is 53.2 Å². The number of hydrogen-bond donors (Lipinski definition) is 0. The van der Waals surface area contributed by atoms with Gasteiger partial charge in [-0.2, -0.15) is 0 Å². The van der Waals surface area contributed by atoms with Crippen molar-refractivity contribution in [2.24, 2.45) is 15.0 Å². The maximum absolute atomic E-state index is 6.89. The van der Waals surface area contributed by atoms with Crippen LogP contribution in [-0.2, 0) is 6.54 Å². The summed E-state index contributed by atoms with van der Waals surface area (Å²) < 4.78 is 9.35. The molecule has 2 aromatic heterocycles. The molecule has 10 rings (SSSR count). The average Bonchev–Trinajstić information content (AvgIpc) is 3.88. The lowest BCUT2D eigenvalue weighted by Crippen LogP contribution is -2.12. The maximum atomic E-state index is 6.89. The first-order chi connectivity index (χ1) is 28.7. The third-order valence-corrected chi connectivity index (χ3v) is 11.7. The number of para-hydroxylation sites is 1. The first-order valence-electron chi connectivity index (χ1n) is 19.2. The van der Waals surface area contributed by atoms with Crippen LogP contribution < -0.4 is 4.90 Å². The average molecular weight is 765 g/mol. The number of nitrogens with zero attached hydrogens (tertiary/aromatic N) is 4. The standard InChI is InChI=1S/C52H36N4OS/c1-53-51(38-20-9-4-10-21-38)55-52(54-34-35-16-5-2-6-17-35)43-32-33-44(48-42-23-11-13-26-46(42)57-49(43)48)56(39-30-28-37(29-31-39)36-18-7-3-8-19-36)45-25-15-24-41-40-22-12-14-27-47(40)58-50(41)45/h2-33H,1,34H2/b54-52-,55-51-. The number of fused-ring (bicyclic) bond motifs is 6. The van der Waals surface area contributed by atoms with E-state index in [2.05, 4.69) is 150 Å². The highest BCUT2D eigenvalue weighted by molar-refractivity contribution is 7.26. The van der Waals surface area contributed by atoms with Crippen LogP contribution in [0.2, 0.25) is 0 Å². The zero-order valence-electron chi connectivity index (χ0n) is 31.5. The Bertz CT molecular complexity index is 3150. The number of benzene rings is 8. The minimum atomic E-state index is 0.427. The van der Waals surface area contributed by atoms with E-state index in [1.165, 1.54) is 25.7 Å². The van der Waals surface area contributed by atoms with Crippen LogP contribution in [0.3, 0.4) is 0 Å². The Hall–Kier alpha value is -7.41. The third-order valence-electron chi connectivity index (χ3n) is 10.5. The van der Waals surface area contributed by atoms with E-state index in [1.807, 2.05) is 72.0 Å². The van der Waals surface area contributed by atoms with E-state index in [9.17, 15) is 0 Å². The summed E-state index contributed by atoms with van der Waals surface area (Å²) in [5.41, 5.74) is 9.59. The molecule has 276 valence electrons. The molecule has 6 heteroatoms. The van der Waals surface area contributed by atoms with Crippen molar-refractivity contribution in [3.63, 3.8) is 0 Å². The Labute approximate surface area is 340 Å². The number of thiophene rings is 1. The first kappa shape index (κ1) is 35.0. The van der Waals surface area contributed by atoms with E-state index in [0.717, 1.165) is 55.7 Å². The van der Waals surface area contributed by atoms with Gasteiger partial charge in [0.05, 0.1) is 33.6 Å². The molecule has 0 fully saturated rings. The van der Waals surface area contributed by atoms with Crippen molar-refractivity contribution in [1.82, 2.24) is 0 Å². The van der Waals surface area contributed by atoms with Crippen molar-refractivity contribution in [2.75, 3.05) is 4.90 Å². The molecule has 0 aliphatic carbocycles. The molecule has 10 aromatic rings. The Kier molecular flexibility index (Phi) is 9.22. The van der Waals surface area contributed by atoms with Gasteiger partial charge in [0, 0.05) is 32.1 Å². The second-order valence-electron chi connectivity index (χ2n) is 14.0. The van der Waals surface area contributed by atoms with Crippen molar-refractivity contribution in [2.45, 2.75) is 6.54 Å². The van der Waals surface area contributed by atoms with Gasteiger partial charge in [-0.15, -0.1) is 11.3 Å². The maximum Gasteiger partial charge on any atom is 0.161 e. The summed E-state index contributed by atoms with van der Waals surface area (Å²) >= 11 is 1.82. The topological polar surface area (TPSA) is 53.5 Å². The van der Waals surface area contributed by atoms with Gasteiger partial charge in [0.15, 0.2) is 11.7 Å². The molecule has 0 saturated heterocycles. The van der Waals surface area contributed by atoms with Crippen LogP contribution in [0.15, 0.2) is 214 Å². The fourth-order valence-electron chi connectivity index (χ4n) is 7.73. The summed E-state index contributed by atoms with van der Waals surface area (Å²) in [6.07, 6.45) is 0. The molecule has 58 heavy (non-hydrogen) atoms. The molecule has 0 radical (unpaired) electrons. The molecule has 5 nitrogen and oxygen atoms in total. The van der Waals surface area contributed by atoms with E-state index in [1.54, 1.807) is 0 Å². The molecule has 0 atom stereocenters. The number of rotatable bonds is 8. The van der Waals surface area contributed by atoms with Gasteiger partial charge in [0.25, 0.3) is 0 Å². The fourth-order valence-corrected chi connectivity index (χ4v) is 8.94. The second-order valence-corrected chi connectivity index (χ2v) is 15.1. The minimum absolute atomic E-state index is 0.427. The molecule has 8 aromatic carbocycles. The number of aliphatic imine (C=N–C) groups is 3. The Morgan fingerprint density at radius 3 is 1.98 bits per heavy atom.